The van der Waals surface area contributed by atoms with E-state index in [9.17, 15) is 4.79 Å². The highest BCUT2D eigenvalue weighted by Gasteiger charge is 2.18. The van der Waals surface area contributed by atoms with Crippen LogP contribution in [0.2, 0.25) is 0 Å². The van der Waals surface area contributed by atoms with Gasteiger partial charge in [0.1, 0.15) is 11.5 Å². The maximum absolute atomic E-state index is 12.8. The Hall–Kier alpha value is -3.01. The third-order valence-corrected chi connectivity index (χ3v) is 4.27. The molecular weight excluding hydrogens is 314 g/mol. The second-order valence-electron chi connectivity index (χ2n) is 5.84. The van der Waals surface area contributed by atoms with Crippen LogP contribution in [-0.4, -0.2) is 20.1 Å². The minimum absolute atomic E-state index is 0.180. The Morgan fingerprint density at radius 2 is 1.48 bits per heavy atom. The summed E-state index contributed by atoms with van der Waals surface area (Å²) in [6.07, 6.45) is 0. The summed E-state index contributed by atoms with van der Waals surface area (Å²) in [5.41, 5.74) is 1.45. The van der Waals surface area contributed by atoms with Crippen LogP contribution < -0.4 is 14.8 Å². The molecule has 0 saturated heterocycles. The minimum Gasteiger partial charge on any atom is -0.496 e. The number of carbonyl (C=O) groups excluding carboxylic acids is 1. The van der Waals surface area contributed by atoms with Gasteiger partial charge in [-0.2, -0.15) is 0 Å². The maximum atomic E-state index is 12.8. The van der Waals surface area contributed by atoms with Crippen molar-refractivity contribution in [3.63, 3.8) is 0 Å². The summed E-state index contributed by atoms with van der Waals surface area (Å²) >= 11 is 0. The molecule has 0 aliphatic rings. The molecule has 25 heavy (non-hydrogen) atoms. The second-order valence-corrected chi connectivity index (χ2v) is 5.84. The average molecular weight is 335 g/mol. The molecule has 1 amide bonds. The third kappa shape index (κ3) is 3.43. The van der Waals surface area contributed by atoms with Crippen molar-refractivity contribution in [2.75, 3.05) is 14.2 Å². The van der Waals surface area contributed by atoms with E-state index in [0.29, 0.717) is 11.3 Å². The number of hydrogen-bond donors (Lipinski definition) is 1. The van der Waals surface area contributed by atoms with E-state index in [1.54, 1.807) is 14.2 Å². The highest BCUT2D eigenvalue weighted by atomic mass is 16.5. The van der Waals surface area contributed by atoms with E-state index in [1.807, 2.05) is 67.6 Å². The second kappa shape index (κ2) is 7.26. The lowest BCUT2D eigenvalue weighted by molar-refractivity contribution is 0.0936. The minimum atomic E-state index is -0.195. The van der Waals surface area contributed by atoms with Gasteiger partial charge in [-0.1, -0.05) is 42.5 Å². The summed E-state index contributed by atoms with van der Waals surface area (Å²) in [7, 11) is 3.20. The number of para-hydroxylation sites is 1. The van der Waals surface area contributed by atoms with Crippen molar-refractivity contribution in [1.82, 2.24) is 5.32 Å². The Morgan fingerprint density at radius 1 is 0.880 bits per heavy atom. The molecule has 0 bridgehead atoms. The smallest absolute Gasteiger partial charge is 0.255 e. The van der Waals surface area contributed by atoms with Crippen LogP contribution in [0.15, 0.2) is 60.7 Å². The molecule has 1 unspecified atom stereocenters. The molecule has 3 aromatic rings. The molecule has 1 N–H and O–H groups in total. The lowest BCUT2D eigenvalue weighted by Gasteiger charge is -2.18. The van der Waals surface area contributed by atoms with Gasteiger partial charge in [-0.3, -0.25) is 4.79 Å². The Kier molecular flexibility index (Phi) is 4.89. The van der Waals surface area contributed by atoms with Gasteiger partial charge in [-0.25, -0.2) is 0 Å². The van der Waals surface area contributed by atoms with Crippen LogP contribution in [0.1, 0.15) is 28.9 Å². The SMILES string of the molecule is COc1cc2ccccc2cc1C(=O)NC(C)c1ccccc1OC. The van der Waals surface area contributed by atoms with E-state index in [2.05, 4.69) is 5.32 Å². The van der Waals surface area contributed by atoms with Gasteiger partial charge in [-0.05, 0) is 35.9 Å². The zero-order valence-corrected chi connectivity index (χ0v) is 14.6. The predicted octanol–water partition coefficient (Wildman–Crippen LogP) is 4.35. The maximum Gasteiger partial charge on any atom is 0.255 e. The molecule has 0 saturated carbocycles. The third-order valence-electron chi connectivity index (χ3n) is 4.27. The van der Waals surface area contributed by atoms with E-state index >= 15 is 0 Å². The number of methoxy groups -OCH3 is 2. The number of amides is 1. The van der Waals surface area contributed by atoms with E-state index in [0.717, 1.165) is 22.1 Å². The molecule has 3 aromatic carbocycles. The Morgan fingerprint density at radius 3 is 2.16 bits per heavy atom. The van der Waals surface area contributed by atoms with Gasteiger partial charge in [0.2, 0.25) is 0 Å². The van der Waals surface area contributed by atoms with Crippen LogP contribution in [-0.2, 0) is 0 Å². The van der Waals surface area contributed by atoms with Crippen molar-refractivity contribution in [3.05, 3.63) is 71.8 Å². The lowest BCUT2D eigenvalue weighted by Crippen LogP contribution is -2.27. The van der Waals surface area contributed by atoms with Crippen molar-refractivity contribution in [2.45, 2.75) is 13.0 Å². The number of ether oxygens (including phenoxy) is 2. The van der Waals surface area contributed by atoms with Crippen LogP contribution in [0.3, 0.4) is 0 Å². The number of benzene rings is 3. The molecule has 0 aliphatic heterocycles. The van der Waals surface area contributed by atoms with E-state index in [-0.39, 0.29) is 11.9 Å². The van der Waals surface area contributed by atoms with Crippen LogP contribution >= 0.6 is 0 Å². The summed E-state index contributed by atoms with van der Waals surface area (Å²) in [4.78, 5) is 12.8. The largest absolute Gasteiger partial charge is 0.496 e. The van der Waals surface area contributed by atoms with Crippen molar-refractivity contribution in [2.24, 2.45) is 0 Å². The molecule has 0 radical (unpaired) electrons. The predicted molar refractivity (Wildman–Crippen MR) is 99.4 cm³/mol. The first-order chi connectivity index (χ1) is 12.1. The quantitative estimate of drug-likeness (QED) is 0.754. The molecular formula is C21H21NO3. The highest BCUT2D eigenvalue weighted by Crippen LogP contribution is 2.28. The van der Waals surface area contributed by atoms with Gasteiger partial charge in [0.05, 0.1) is 25.8 Å². The van der Waals surface area contributed by atoms with Crippen LogP contribution in [0.5, 0.6) is 11.5 Å². The fraction of sp³-hybridized carbons (Fsp3) is 0.190. The number of nitrogens with one attached hydrogen (secondary N) is 1. The first kappa shape index (κ1) is 16.8. The molecule has 3 rings (SSSR count). The molecule has 0 fully saturated rings. The fourth-order valence-electron chi connectivity index (χ4n) is 2.94. The molecule has 4 nitrogen and oxygen atoms in total. The zero-order valence-electron chi connectivity index (χ0n) is 14.6. The number of fused-ring (bicyclic) bond motifs is 1. The summed E-state index contributed by atoms with van der Waals surface area (Å²) < 4.78 is 10.8. The van der Waals surface area contributed by atoms with Gasteiger partial charge < -0.3 is 14.8 Å². The Labute approximate surface area is 147 Å². The normalized spacial score (nSPS) is 11.8. The van der Waals surface area contributed by atoms with Gasteiger partial charge in [0, 0.05) is 5.56 Å². The van der Waals surface area contributed by atoms with Gasteiger partial charge >= 0.3 is 0 Å². The Balaban J connectivity index is 1.91. The summed E-state index contributed by atoms with van der Waals surface area (Å²) in [5.74, 6) is 1.13. The first-order valence-corrected chi connectivity index (χ1v) is 8.14. The molecule has 0 heterocycles. The van der Waals surface area contributed by atoms with Gasteiger partial charge in [0.25, 0.3) is 5.91 Å². The fourth-order valence-corrected chi connectivity index (χ4v) is 2.94. The van der Waals surface area contributed by atoms with Gasteiger partial charge in [-0.15, -0.1) is 0 Å². The topological polar surface area (TPSA) is 47.6 Å². The zero-order chi connectivity index (χ0) is 17.8. The van der Waals surface area contributed by atoms with Crippen molar-refractivity contribution in [3.8, 4) is 11.5 Å². The van der Waals surface area contributed by atoms with Crippen molar-refractivity contribution >= 4 is 16.7 Å². The molecule has 4 heteroatoms. The molecule has 0 spiro atoms. The summed E-state index contributed by atoms with van der Waals surface area (Å²) in [6, 6.07) is 19.1. The number of rotatable bonds is 5. The monoisotopic (exact) mass is 335 g/mol. The lowest BCUT2D eigenvalue weighted by atomic mass is 10.0. The average Bonchev–Trinajstić information content (AvgIpc) is 2.66. The van der Waals surface area contributed by atoms with Crippen molar-refractivity contribution in [1.29, 1.82) is 0 Å². The van der Waals surface area contributed by atoms with Crippen LogP contribution in [0.4, 0.5) is 0 Å². The Bertz CT molecular complexity index is 905. The van der Waals surface area contributed by atoms with E-state index < -0.39 is 0 Å². The van der Waals surface area contributed by atoms with E-state index in [1.165, 1.54) is 0 Å². The standard InChI is InChI=1S/C21H21NO3/c1-14(17-10-6-7-11-19(17)24-2)22-21(23)18-12-15-8-4-5-9-16(15)13-20(18)25-3/h4-14H,1-3H3,(H,22,23). The number of carbonyl (C=O) groups is 1. The van der Waals surface area contributed by atoms with Crippen LogP contribution in [0.25, 0.3) is 10.8 Å². The molecule has 0 aromatic heterocycles. The van der Waals surface area contributed by atoms with E-state index in [4.69, 9.17) is 9.47 Å². The highest BCUT2D eigenvalue weighted by molar-refractivity contribution is 6.01. The van der Waals surface area contributed by atoms with Gasteiger partial charge in [0.15, 0.2) is 0 Å². The summed E-state index contributed by atoms with van der Waals surface area (Å²) in [5, 5.41) is 5.06. The molecule has 128 valence electrons. The molecule has 1 atom stereocenters. The first-order valence-electron chi connectivity index (χ1n) is 8.14. The summed E-state index contributed by atoms with van der Waals surface area (Å²) in [6.45, 7) is 1.93. The molecule has 0 aliphatic carbocycles. The van der Waals surface area contributed by atoms with Crippen LogP contribution in [0, 0.1) is 0 Å². The van der Waals surface area contributed by atoms with Crippen molar-refractivity contribution < 1.29 is 14.3 Å². The number of hydrogen-bond acceptors (Lipinski definition) is 3.